The molecule has 7 heteroatoms. The molecular formula is C20H22N4O2S. The number of nitrogens with zero attached hydrogens (tertiary/aromatic N) is 2. The molecule has 140 valence electrons. The molecule has 0 aliphatic carbocycles. The van der Waals surface area contributed by atoms with Crippen LogP contribution in [0.5, 0.6) is 0 Å². The van der Waals surface area contributed by atoms with Crippen LogP contribution in [0.15, 0.2) is 24.3 Å². The second kappa shape index (κ2) is 7.15. The number of hydrogen-bond acceptors (Lipinski definition) is 4. The van der Waals surface area contributed by atoms with Crippen LogP contribution < -0.4 is 5.32 Å². The molecule has 0 spiro atoms. The number of hydrogen-bond donors (Lipinski definition) is 2. The van der Waals surface area contributed by atoms with Gasteiger partial charge in [0.2, 0.25) is 11.8 Å². The van der Waals surface area contributed by atoms with Crippen LogP contribution in [0, 0.1) is 13.8 Å². The van der Waals surface area contributed by atoms with Crippen LogP contribution >= 0.6 is 11.3 Å². The molecule has 0 bridgehead atoms. The summed E-state index contributed by atoms with van der Waals surface area (Å²) in [5.74, 6) is -0.144. The van der Waals surface area contributed by atoms with E-state index >= 15 is 0 Å². The Morgan fingerprint density at radius 3 is 2.85 bits per heavy atom. The Bertz CT molecular complexity index is 1000. The second-order valence-corrected chi connectivity index (χ2v) is 8.10. The van der Waals surface area contributed by atoms with Gasteiger partial charge in [-0.25, -0.2) is 4.98 Å². The molecule has 0 unspecified atom stereocenters. The Morgan fingerprint density at radius 1 is 1.26 bits per heavy atom. The molecule has 2 N–H and O–H groups in total. The van der Waals surface area contributed by atoms with E-state index in [0.29, 0.717) is 18.2 Å². The highest BCUT2D eigenvalue weighted by Crippen LogP contribution is 2.28. The molecule has 0 saturated carbocycles. The van der Waals surface area contributed by atoms with Crippen LogP contribution in [0.2, 0.25) is 0 Å². The molecule has 0 saturated heterocycles. The topological polar surface area (TPSA) is 78.1 Å². The van der Waals surface area contributed by atoms with E-state index in [0.717, 1.165) is 22.5 Å². The van der Waals surface area contributed by atoms with Gasteiger partial charge in [-0.3, -0.25) is 9.59 Å². The second-order valence-electron chi connectivity index (χ2n) is 6.90. The summed E-state index contributed by atoms with van der Waals surface area (Å²) >= 11 is 1.46. The van der Waals surface area contributed by atoms with Gasteiger partial charge in [0.15, 0.2) is 5.13 Å². The number of carbonyl (C=O) groups excluding carboxylic acids is 2. The number of thiazole rings is 1. The zero-order valence-electron chi connectivity index (χ0n) is 15.5. The Hall–Kier alpha value is -2.67. The Labute approximate surface area is 161 Å². The molecule has 0 radical (unpaired) electrons. The molecule has 1 aromatic carbocycles. The van der Waals surface area contributed by atoms with Crippen molar-refractivity contribution in [1.82, 2.24) is 14.9 Å². The standard InChI is InChI=1S/C20H22N4O2S/c1-12-13(2)27-20(21-12)23-18(25)7-8-19(26)24-10-9-17-15(11-24)14-5-3-4-6-16(14)22-17/h3-6,22H,7-11H2,1-2H3,(H,21,23,25). The van der Waals surface area contributed by atoms with Gasteiger partial charge in [-0.2, -0.15) is 0 Å². The monoisotopic (exact) mass is 382 g/mol. The van der Waals surface area contributed by atoms with Crippen LogP contribution in [0.1, 0.15) is 34.7 Å². The summed E-state index contributed by atoms with van der Waals surface area (Å²) in [6.45, 7) is 5.18. The molecule has 6 nitrogen and oxygen atoms in total. The fraction of sp³-hybridized carbons (Fsp3) is 0.350. The minimum absolute atomic E-state index is 0.0209. The largest absolute Gasteiger partial charge is 0.358 e. The van der Waals surface area contributed by atoms with Gasteiger partial charge >= 0.3 is 0 Å². The Balaban J connectivity index is 1.35. The highest BCUT2D eigenvalue weighted by atomic mass is 32.1. The van der Waals surface area contributed by atoms with Gasteiger partial charge in [0, 0.05) is 59.4 Å². The summed E-state index contributed by atoms with van der Waals surface area (Å²) in [6.07, 6.45) is 1.21. The molecule has 0 atom stereocenters. The third-order valence-electron chi connectivity index (χ3n) is 5.08. The van der Waals surface area contributed by atoms with Crippen molar-refractivity contribution in [2.75, 3.05) is 11.9 Å². The number of H-pyrrole nitrogens is 1. The SMILES string of the molecule is Cc1nc(NC(=O)CCC(=O)N2CCc3[nH]c4ccccc4c3C2)sc1C. The number of rotatable bonds is 4. The molecule has 1 aliphatic rings. The van der Waals surface area contributed by atoms with E-state index in [2.05, 4.69) is 27.4 Å². The molecule has 0 fully saturated rings. The Kier molecular flexibility index (Phi) is 4.70. The maximum Gasteiger partial charge on any atom is 0.226 e. The lowest BCUT2D eigenvalue weighted by Crippen LogP contribution is -2.36. The van der Waals surface area contributed by atoms with E-state index in [1.165, 1.54) is 28.0 Å². The fourth-order valence-electron chi connectivity index (χ4n) is 3.47. The number of aromatic amines is 1. The summed E-state index contributed by atoms with van der Waals surface area (Å²) in [7, 11) is 0. The van der Waals surface area contributed by atoms with Crippen LogP contribution in [0.3, 0.4) is 0 Å². The smallest absolute Gasteiger partial charge is 0.226 e. The number of fused-ring (bicyclic) bond motifs is 3. The van der Waals surface area contributed by atoms with Gasteiger partial charge in [-0.15, -0.1) is 11.3 Å². The maximum absolute atomic E-state index is 12.6. The summed E-state index contributed by atoms with van der Waals surface area (Å²) in [5.41, 5.74) is 4.45. The average molecular weight is 382 g/mol. The summed E-state index contributed by atoms with van der Waals surface area (Å²) in [6, 6.07) is 8.18. The average Bonchev–Trinajstić information content (AvgIpc) is 3.18. The van der Waals surface area contributed by atoms with E-state index in [1.807, 2.05) is 30.9 Å². The van der Waals surface area contributed by atoms with E-state index < -0.39 is 0 Å². The van der Waals surface area contributed by atoms with Crippen molar-refractivity contribution >= 4 is 39.2 Å². The molecule has 2 aromatic heterocycles. The third kappa shape index (κ3) is 3.60. The first-order valence-corrected chi connectivity index (χ1v) is 9.93. The first kappa shape index (κ1) is 17.7. The lowest BCUT2D eigenvalue weighted by Gasteiger charge is -2.27. The highest BCUT2D eigenvalue weighted by molar-refractivity contribution is 7.15. The predicted molar refractivity (Wildman–Crippen MR) is 107 cm³/mol. The zero-order valence-corrected chi connectivity index (χ0v) is 16.3. The molecule has 4 rings (SSSR count). The quantitative estimate of drug-likeness (QED) is 0.724. The summed E-state index contributed by atoms with van der Waals surface area (Å²) in [4.78, 5) is 35.4. The van der Waals surface area contributed by atoms with E-state index in [1.54, 1.807) is 0 Å². The molecule has 2 amide bonds. The van der Waals surface area contributed by atoms with Crippen LogP contribution in [-0.2, 0) is 22.6 Å². The number of nitrogens with one attached hydrogen (secondary N) is 2. The van der Waals surface area contributed by atoms with Crippen LogP contribution in [0.25, 0.3) is 10.9 Å². The van der Waals surface area contributed by atoms with E-state index in [4.69, 9.17) is 0 Å². The van der Waals surface area contributed by atoms with Crippen molar-refractivity contribution in [3.63, 3.8) is 0 Å². The molecule has 3 heterocycles. The lowest BCUT2D eigenvalue weighted by atomic mass is 10.0. The molecule has 1 aliphatic heterocycles. The highest BCUT2D eigenvalue weighted by Gasteiger charge is 2.24. The van der Waals surface area contributed by atoms with Crippen molar-refractivity contribution in [3.8, 4) is 0 Å². The molecule has 27 heavy (non-hydrogen) atoms. The van der Waals surface area contributed by atoms with Crippen LogP contribution in [-0.4, -0.2) is 33.2 Å². The first-order valence-electron chi connectivity index (χ1n) is 9.11. The predicted octanol–water partition coefficient (Wildman–Crippen LogP) is 3.54. The lowest BCUT2D eigenvalue weighted by molar-refractivity contribution is -0.133. The Morgan fingerprint density at radius 2 is 2.07 bits per heavy atom. The van der Waals surface area contributed by atoms with Crippen molar-refractivity contribution in [2.45, 2.75) is 39.7 Å². The number of anilines is 1. The number of para-hydroxylation sites is 1. The van der Waals surface area contributed by atoms with Gasteiger partial charge in [-0.1, -0.05) is 18.2 Å². The van der Waals surface area contributed by atoms with E-state index in [-0.39, 0.29) is 24.7 Å². The zero-order chi connectivity index (χ0) is 19.0. The number of benzene rings is 1. The van der Waals surface area contributed by atoms with Gasteiger partial charge in [0.05, 0.1) is 5.69 Å². The number of carbonyl (C=O) groups is 2. The summed E-state index contributed by atoms with van der Waals surface area (Å²) in [5, 5.41) is 4.57. The fourth-order valence-corrected chi connectivity index (χ4v) is 4.30. The van der Waals surface area contributed by atoms with Crippen molar-refractivity contribution in [3.05, 3.63) is 46.1 Å². The minimum Gasteiger partial charge on any atom is -0.358 e. The normalized spacial score (nSPS) is 13.6. The molecular weight excluding hydrogens is 360 g/mol. The van der Waals surface area contributed by atoms with Gasteiger partial charge in [-0.05, 0) is 19.9 Å². The maximum atomic E-state index is 12.6. The van der Waals surface area contributed by atoms with Crippen LogP contribution in [0.4, 0.5) is 5.13 Å². The van der Waals surface area contributed by atoms with Gasteiger partial charge < -0.3 is 15.2 Å². The molecule has 3 aromatic rings. The summed E-state index contributed by atoms with van der Waals surface area (Å²) < 4.78 is 0. The van der Waals surface area contributed by atoms with Gasteiger partial charge in [0.1, 0.15) is 0 Å². The minimum atomic E-state index is -0.165. The van der Waals surface area contributed by atoms with Crippen molar-refractivity contribution < 1.29 is 9.59 Å². The third-order valence-corrected chi connectivity index (χ3v) is 6.06. The number of amides is 2. The van der Waals surface area contributed by atoms with Gasteiger partial charge in [0.25, 0.3) is 0 Å². The number of aromatic nitrogens is 2. The number of aryl methyl sites for hydroxylation is 2. The van der Waals surface area contributed by atoms with E-state index in [9.17, 15) is 9.59 Å². The van der Waals surface area contributed by atoms with Crippen molar-refractivity contribution in [2.24, 2.45) is 0 Å². The van der Waals surface area contributed by atoms with Crippen molar-refractivity contribution in [1.29, 1.82) is 0 Å². The first-order chi connectivity index (χ1) is 13.0.